The first-order chi connectivity index (χ1) is 20.0. The molecule has 3 aromatic heterocycles. The van der Waals surface area contributed by atoms with Crippen molar-refractivity contribution in [2.75, 3.05) is 31.5 Å². The largest absolute Gasteiger partial charge is 0.493 e. The lowest BCUT2D eigenvalue weighted by Gasteiger charge is -2.24. The summed E-state index contributed by atoms with van der Waals surface area (Å²) >= 11 is 0. The number of ether oxygens (including phenoxy) is 3. The number of hydrogen-bond donors (Lipinski definition) is 2. The highest BCUT2D eigenvalue weighted by molar-refractivity contribution is 6.11. The maximum absolute atomic E-state index is 13.1. The van der Waals surface area contributed by atoms with Crippen molar-refractivity contribution < 1.29 is 23.8 Å². The lowest BCUT2D eigenvalue weighted by atomic mass is 9.85. The van der Waals surface area contributed by atoms with E-state index in [4.69, 9.17) is 19.2 Å². The molecule has 1 aromatic carbocycles. The molecule has 1 fully saturated rings. The summed E-state index contributed by atoms with van der Waals surface area (Å²) in [6, 6.07) is 13.4. The van der Waals surface area contributed by atoms with Crippen molar-refractivity contribution in [2.45, 2.75) is 45.7 Å². The first-order valence-electron chi connectivity index (χ1n) is 13.9. The van der Waals surface area contributed by atoms with E-state index in [1.165, 1.54) is 7.11 Å². The summed E-state index contributed by atoms with van der Waals surface area (Å²) in [5.74, 6) is 0.662. The molecule has 1 aliphatic carbocycles. The highest BCUT2D eigenvalue weighted by Crippen LogP contribution is 2.35. The second-order valence-electron chi connectivity index (χ2n) is 9.92. The highest BCUT2D eigenvalue weighted by atomic mass is 16.5. The number of nitrogens with zero attached hydrogens (tertiary/aromatic N) is 3. The average Bonchev–Trinajstić information content (AvgIpc) is 3.26. The fourth-order valence-corrected chi connectivity index (χ4v) is 4.95. The number of benzene rings is 1. The van der Waals surface area contributed by atoms with Gasteiger partial charge < -0.3 is 29.4 Å². The van der Waals surface area contributed by atoms with Gasteiger partial charge in [0.1, 0.15) is 5.65 Å². The van der Waals surface area contributed by atoms with E-state index in [1.807, 2.05) is 54.0 Å². The molecule has 0 saturated heterocycles. The van der Waals surface area contributed by atoms with E-state index in [9.17, 15) is 9.59 Å². The fraction of sp³-hybridized carbons (Fsp3) is 0.355. The molecule has 4 aromatic rings. The third-order valence-electron chi connectivity index (χ3n) is 7.34. The van der Waals surface area contributed by atoms with Crippen LogP contribution < -0.4 is 20.1 Å². The third kappa shape index (κ3) is 6.11. The molecule has 0 radical (unpaired) electrons. The van der Waals surface area contributed by atoms with Gasteiger partial charge in [0.15, 0.2) is 17.2 Å². The highest BCUT2D eigenvalue weighted by Gasteiger charge is 2.30. The maximum Gasteiger partial charge on any atom is 0.356 e. The molecule has 214 valence electrons. The first-order valence-corrected chi connectivity index (χ1v) is 13.9. The number of amides is 1. The lowest BCUT2D eigenvalue weighted by Crippen LogP contribution is -2.29. The normalized spacial score (nSPS) is 13.0. The van der Waals surface area contributed by atoms with Crippen molar-refractivity contribution in [2.24, 2.45) is 5.92 Å². The van der Waals surface area contributed by atoms with Crippen LogP contribution >= 0.6 is 0 Å². The Morgan fingerprint density at radius 2 is 1.93 bits per heavy atom. The quantitative estimate of drug-likeness (QED) is 0.228. The topological polar surface area (TPSA) is 117 Å². The minimum Gasteiger partial charge on any atom is -0.493 e. The van der Waals surface area contributed by atoms with Crippen LogP contribution in [0.25, 0.3) is 11.0 Å². The predicted octanol–water partition coefficient (Wildman–Crippen LogP) is 5.22. The van der Waals surface area contributed by atoms with Gasteiger partial charge in [0.05, 0.1) is 38.4 Å². The second kappa shape index (κ2) is 12.7. The van der Waals surface area contributed by atoms with Crippen molar-refractivity contribution in [3.63, 3.8) is 0 Å². The fourth-order valence-electron chi connectivity index (χ4n) is 4.95. The molecule has 0 spiro atoms. The summed E-state index contributed by atoms with van der Waals surface area (Å²) in [6.45, 7) is 3.40. The molecule has 1 saturated carbocycles. The summed E-state index contributed by atoms with van der Waals surface area (Å²) < 4.78 is 18.1. The Kier molecular flexibility index (Phi) is 8.67. The Morgan fingerprint density at radius 3 is 2.61 bits per heavy atom. The van der Waals surface area contributed by atoms with E-state index < -0.39 is 5.97 Å². The molecule has 0 aliphatic heterocycles. The summed E-state index contributed by atoms with van der Waals surface area (Å²) in [4.78, 5) is 35.4. The number of aryl methyl sites for hydroxylation is 2. The molecule has 0 bridgehead atoms. The molecule has 1 aliphatic rings. The molecular formula is C31H35N5O5. The number of nitrogens with one attached hydrogen (secondary N) is 2. The van der Waals surface area contributed by atoms with E-state index in [1.54, 1.807) is 19.5 Å². The molecule has 3 heterocycles. The van der Waals surface area contributed by atoms with E-state index in [2.05, 4.69) is 15.6 Å². The van der Waals surface area contributed by atoms with Crippen molar-refractivity contribution in [3.8, 4) is 11.5 Å². The van der Waals surface area contributed by atoms with Gasteiger partial charge >= 0.3 is 5.97 Å². The Balaban J connectivity index is 1.50. The third-order valence-corrected chi connectivity index (χ3v) is 7.34. The molecule has 41 heavy (non-hydrogen) atoms. The first kappa shape index (κ1) is 27.9. The smallest absolute Gasteiger partial charge is 0.356 e. The van der Waals surface area contributed by atoms with Gasteiger partial charge in [-0.3, -0.25) is 9.78 Å². The number of methoxy groups -OCH3 is 2. The molecule has 10 nitrogen and oxygen atoms in total. The van der Waals surface area contributed by atoms with E-state index in [0.717, 1.165) is 36.2 Å². The van der Waals surface area contributed by atoms with Crippen LogP contribution in [0.3, 0.4) is 0 Å². The zero-order valence-corrected chi connectivity index (χ0v) is 23.6. The SMILES string of the molecule is CCOc1cc(CNc2cnc3c(c2)c(NC(=O)C2CCC2)c(C(=O)OC)n3CCc2ccccn2)ccc1OC. The number of aromatic nitrogens is 3. The van der Waals surface area contributed by atoms with Crippen molar-refractivity contribution in [1.82, 2.24) is 14.5 Å². The number of rotatable bonds is 12. The van der Waals surface area contributed by atoms with Gasteiger partial charge in [-0.1, -0.05) is 18.6 Å². The zero-order chi connectivity index (χ0) is 28.8. The van der Waals surface area contributed by atoms with E-state index in [-0.39, 0.29) is 17.5 Å². The van der Waals surface area contributed by atoms with E-state index in [0.29, 0.717) is 54.3 Å². The van der Waals surface area contributed by atoms with Crippen LogP contribution in [0.4, 0.5) is 11.4 Å². The number of hydrogen-bond acceptors (Lipinski definition) is 8. The molecule has 0 unspecified atom stereocenters. The van der Waals surface area contributed by atoms with Crippen LogP contribution in [0.15, 0.2) is 54.9 Å². The summed E-state index contributed by atoms with van der Waals surface area (Å²) in [5.41, 5.74) is 3.89. The summed E-state index contributed by atoms with van der Waals surface area (Å²) in [7, 11) is 2.95. The van der Waals surface area contributed by atoms with Gasteiger partial charge in [0, 0.05) is 42.7 Å². The van der Waals surface area contributed by atoms with Gasteiger partial charge in [0.2, 0.25) is 5.91 Å². The maximum atomic E-state index is 13.1. The van der Waals surface area contributed by atoms with Crippen molar-refractivity contribution >= 4 is 34.3 Å². The number of carbonyl (C=O) groups is 2. The molecular weight excluding hydrogens is 522 g/mol. The van der Waals surface area contributed by atoms with Crippen LogP contribution in [0.2, 0.25) is 0 Å². The van der Waals surface area contributed by atoms with Gasteiger partial charge in [-0.15, -0.1) is 0 Å². The summed E-state index contributed by atoms with van der Waals surface area (Å²) in [5, 5.41) is 7.12. The molecule has 2 N–H and O–H groups in total. The molecule has 1 amide bonds. The number of pyridine rings is 2. The zero-order valence-electron chi connectivity index (χ0n) is 23.6. The summed E-state index contributed by atoms with van der Waals surface area (Å²) in [6.07, 6.45) is 6.75. The van der Waals surface area contributed by atoms with Crippen molar-refractivity contribution in [3.05, 3.63) is 71.8 Å². The Hall–Kier alpha value is -4.60. The minimum atomic E-state index is -0.538. The number of fused-ring (bicyclic) bond motifs is 1. The van der Waals surface area contributed by atoms with Crippen LogP contribution in [0.1, 0.15) is 47.9 Å². The number of carbonyl (C=O) groups excluding carboxylic acids is 2. The van der Waals surface area contributed by atoms with Gasteiger partial charge in [-0.25, -0.2) is 9.78 Å². The van der Waals surface area contributed by atoms with Gasteiger partial charge in [-0.05, 0) is 55.7 Å². The van der Waals surface area contributed by atoms with Crippen LogP contribution in [-0.4, -0.2) is 47.2 Å². The van der Waals surface area contributed by atoms with Crippen LogP contribution in [-0.2, 0) is 29.0 Å². The minimum absolute atomic E-state index is 0.0590. The van der Waals surface area contributed by atoms with Gasteiger partial charge in [0.25, 0.3) is 0 Å². The molecule has 0 atom stereocenters. The lowest BCUT2D eigenvalue weighted by molar-refractivity contribution is -0.122. The standard InChI is InChI=1S/C31H35N5O5/c1-4-41-26-16-20(11-12-25(26)39-2)18-33-23-17-24-27(35-30(37)21-8-7-9-21)28(31(38)40-3)36(29(24)34-19-23)15-13-22-10-5-6-14-32-22/h5-6,10-12,14,16-17,19,21,33H,4,7-9,13,15,18H2,1-3H3,(H,35,37). The van der Waals surface area contributed by atoms with Gasteiger partial charge in [-0.2, -0.15) is 0 Å². The Bertz CT molecular complexity index is 1530. The van der Waals surface area contributed by atoms with Crippen LogP contribution in [0, 0.1) is 5.92 Å². The number of esters is 1. The van der Waals surface area contributed by atoms with Crippen LogP contribution in [0.5, 0.6) is 11.5 Å². The molecule has 5 rings (SSSR count). The Labute approximate surface area is 239 Å². The second-order valence-corrected chi connectivity index (χ2v) is 9.92. The number of anilines is 2. The van der Waals surface area contributed by atoms with Crippen molar-refractivity contribution in [1.29, 1.82) is 0 Å². The predicted molar refractivity (Wildman–Crippen MR) is 156 cm³/mol. The Morgan fingerprint density at radius 1 is 1.07 bits per heavy atom. The monoisotopic (exact) mass is 557 g/mol. The molecule has 10 heteroatoms. The van der Waals surface area contributed by atoms with E-state index >= 15 is 0 Å². The average molecular weight is 558 g/mol.